The summed E-state index contributed by atoms with van der Waals surface area (Å²) in [5.74, 6) is 1.18. The van der Waals surface area contributed by atoms with Gasteiger partial charge in [-0.3, -0.25) is 4.79 Å². The lowest BCUT2D eigenvalue weighted by Gasteiger charge is -2.39. The number of aromatic nitrogens is 3. The van der Waals surface area contributed by atoms with Crippen LogP contribution in [0.4, 0.5) is 4.39 Å². The molecule has 0 spiro atoms. The van der Waals surface area contributed by atoms with Crippen molar-refractivity contribution >= 4 is 50.9 Å². The van der Waals surface area contributed by atoms with E-state index < -0.39 is 5.82 Å². The van der Waals surface area contributed by atoms with Crippen LogP contribution in [0.2, 0.25) is 10.0 Å². The van der Waals surface area contributed by atoms with Gasteiger partial charge in [0.25, 0.3) is 0 Å². The average Bonchev–Trinajstić information content (AvgIpc) is 3.43. The van der Waals surface area contributed by atoms with Gasteiger partial charge in [-0.05, 0) is 68.4 Å². The van der Waals surface area contributed by atoms with Gasteiger partial charge in [-0.1, -0.05) is 35.3 Å². The molecule has 1 N–H and O–H groups in total. The summed E-state index contributed by atoms with van der Waals surface area (Å²) in [5, 5.41) is 15.5. The summed E-state index contributed by atoms with van der Waals surface area (Å²) >= 11 is 13.1. The summed E-state index contributed by atoms with van der Waals surface area (Å²) in [6.45, 7) is 3.25. The molecule has 5 atom stereocenters. The van der Waals surface area contributed by atoms with Gasteiger partial charge in [0.05, 0.1) is 47.4 Å². The quantitative estimate of drug-likeness (QED) is 0.163. The molecule has 5 fully saturated rings. The largest absolute Gasteiger partial charge is 0.497 e. The standard InChI is InChI=1S/C40H37Cl2FN6O3/c1-20-27-17-32(31-15-25(19-48(31)40(50)21-8-9-21)52-33-16-24(51-2)10-12-45-33)49(38-23-14-30(38)46-18-23)39(27)28-13-22(5-4-11-44)34(36(43)37(28)47-20)26-6-3-7-29(41)35(26)42/h3,6-7,10,12-13,16-17,21,23,25,30-31,38,46H,4-5,8-9,14-15,18-19H2,1-2H3/t23-,25+,30-,31-,38+/m1/s1. The van der Waals surface area contributed by atoms with Crippen LogP contribution < -0.4 is 14.8 Å². The molecule has 10 rings (SSSR count). The molecule has 6 heterocycles. The molecule has 5 aromatic rings. The van der Waals surface area contributed by atoms with Crippen molar-refractivity contribution in [1.29, 1.82) is 5.26 Å². The molecule has 2 bridgehead atoms. The Kier molecular flexibility index (Phi) is 8.29. The molecule has 52 heavy (non-hydrogen) atoms. The van der Waals surface area contributed by atoms with Gasteiger partial charge in [-0.2, -0.15) is 5.26 Å². The van der Waals surface area contributed by atoms with E-state index in [1.165, 1.54) is 0 Å². The number of benzene rings is 2. The van der Waals surface area contributed by atoms with Gasteiger partial charge < -0.3 is 24.3 Å². The van der Waals surface area contributed by atoms with Gasteiger partial charge >= 0.3 is 0 Å². The molecule has 3 aliphatic heterocycles. The maximum absolute atomic E-state index is 17.2. The molecule has 0 radical (unpaired) electrons. The predicted molar refractivity (Wildman–Crippen MR) is 197 cm³/mol. The lowest BCUT2D eigenvalue weighted by atomic mass is 9.79. The minimum Gasteiger partial charge on any atom is -0.497 e. The highest BCUT2D eigenvalue weighted by atomic mass is 35.5. The van der Waals surface area contributed by atoms with Crippen LogP contribution in [-0.4, -0.2) is 57.7 Å². The molecule has 9 nitrogen and oxygen atoms in total. The average molecular weight is 740 g/mol. The highest BCUT2D eigenvalue weighted by Crippen LogP contribution is 2.51. The number of nitrogens with zero attached hydrogens (tertiary/aromatic N) is 5. The number of nitrogens with one attached hydrogen (secondary N) is 1. The predicted octanol–water partition coefficient (Wildman–Crippen LogP) is 8.13. The molecular weight excluding hydrogens is 702 g/mol. The maximum atomic E-state index is 17.2. The normalized spacial score (nSPS) is 23.6. The van der Waals surface area contributed by atoms with E-state index in [-0.39, 0.29) is 53.0 Å². The lowest BCUT2D eigenvalue weighted by Crippen LogP contribution is -2.41. The molecule has 2 aliphatic carbocycles. The Morgan fingerprint density at radius 2 is 2.00 bits per heavy atom. The third-order valence-corrected chi connectivity index (χ3v) is 12.3. The Hall–Kier alpha value is -4.43. The van der Waals surface area contributed by atoms with E-state index in [0.29, 0.717) is 69.7 Å². The molecule has 3 aromatic heterocycles. The number of halogens is 3. The molecule has 0 unspecified atom stereocenters. The first kappa shape index (κ1) is 33.4. The van der Waals surface area contributed by atoms with Gasteiger partial charge in [0.15, 0.2) is 5.82 Å². The third-order valence-electron chi connectivity index (χ3n) is 11.5. The number of ether oxygens (including phenoxy) is 2. The van der Waals surface area contributed by atoms with Crippen LogP contribution in [0.5, 0.6) is 11.6 Å². The molecule has 5 aliphatic rings. The highest BCUT2D eigenvalue weighted by Gasteiger charge is 2.51. The van der Waals surface area contributed by atoms with Crippen molar-refractivity contribution in [3.8, 4) is 28.8 Å². The van der Waals surface area contributed by atoms with Crippen LogP contribution in [0.1, 0.15) is 61.1 Å². The SMILES string of the molecule is COc1ccnc(O[C@H]2C[C@H](c3cc4c(C)nc5c(F)c(-c6cccc(Cl)c6Cl)c(CCC#N)cc5c4n3[C@H]3[C@H]4CN[C@@H]3C4)N(C(=O)C3CC3)C2)c1. The molecule has 266 valence electrons. The second-order valence-electron chi connectivity index (χ2n) is 14.6. The van der Waals surface area contributed by atoms with Crippen molar-refractivity contribution in [1.82, 2.24) is 24.8 Å². The number of carbonyl (C=O) groups is 1. The number of likely N-dealkylation sites (tertiary alicyclic amines) is 1. The number of hydrogen-bond donors (Lipinski definition) is 1. The monoisotopic (exact) mass is 738 g/mol. The topological polar surface area (TPSA) is 105 Å². The zero-order valence-electron chi connectivity index (χ0n) is 28.8. The summed E-state index contributed by atoms with van der Waals surface area (Å²) in [5.41, 5.74) is 4.29. The van der Waals surface area contributed by atoms with E-state index in [4.69, 9.17) is 37.7 Å². The van der Waals surface area contributed by atoms with Crippen LogP contribution in [0.25, 0.3) is 32.9 Å². The minimum absolute atomic E-state index is 0.0216. The van der Waals surface area contributed by atoms with Crippen LogP contribution >= 0.6 is 23.2 Å². The Balaban J connectivity index is 1.25. The van der Waals surface area contributed by atoms with E-state index in [0.717, 1.165) is 42.4 Å². The van der Waals surface area contributed by atoms with Gasteiger partial charge in [0.2, 0.25) is 11.8 Å². The fraction of sp³-hybridized carbons (Fsp3) is 0.400. The Morgan fingerprint density at radius 1 is 1.15 bits per heavy atom. The Labute approximate surface area is 310 Å². The first-order valence-electron chi connectivity index (χ1n) is 17.9. The van der Waals surface area contributed by atoms with Gasteiger partial charge in [0.1, 0.15) is 17.4 Å². The maximum Gasteiger partial charge on any atom is 0.226 e. The fourth-order valence-electron chi connectivity index (χ4n) is 8.82. The van der Waals surface area contributed by atoms with Crippen LogP contribution in [0.3, 0.4) is 0 Å². The van der Waals surface area contributed by atoms with E-state index in [9.17, 15) is 10.1 Å². The van der Waals surface area contributed by atoms with E-state index in [1.807, 2.05) is 17.9 Å². The van der Waals surface area contributed by atoms with Crippen molar-refractivity contribution in [2.75, 3.05) is 20.2 Å². The molecule has 3 saturated heterocycles. The zero-order valence-corrected chi connectivity index (χ0v) is 30.3. The van der Waals surface area contributed by atoms with Crippen molar-refractivity contribution in [3.05, 3.63) is 81.5 Å². The number of carbonyl (C=O) groups excluding carboxylic acids is 1. The van der Waals surface area contributed by atoms with Gasteiger partial charge in [-0.25, -0.2) is 14.4 Å². The third kappa shape index (κ3) is 5.39. The first-order chi connectivity index (χ1) is 25.2. The van der Waals surface area contributed by atoms with Crippen molar-refractivity contribution < 1.29 is 18.7 Å². The number of hydrogen-bond acceptors (Lipinski definition) is 7. The fourth-order valence-corrected chi connectivity index (χ4v) is 9.22. The van der Waals surface area contributed by atoms with Crippen molar-refractivity contribution in [2.45, 2.75) is 69.7 Å². The molecule has 2 saturated carbocycles. The first-order valence-corrected chi connectivity index (χ1v) is 18.7. The summed E-state index contributed by atoms with van der Waals surface area (Å²) in [6, 6.07) is 15.2. The number of pyridine rings is 2. The highest BCUT2D eigenvalue weighted by molar-refractivity contribution is 6.43. The van der Waals surface area contributed by atoms with E-state index >= 15 is 4.39 Å². The molecule has 1 amide bonds. The molecule has 2 aromatic carbocycles. The second-order valence-corrected chi connectivity index (χ2v) is 15.4. The van der Waals surface area contributed by atoms with E-state index in [2.05, 4.69) is 27.0 Å². The van der Waals surface area contributed by atoms with Crippen molar-refractivity contribution in [2.24, 2.45) is 11.8 Å². The number of amides is 1. The molecular formula is C40H37Cl2FN6O3. The number of methoxy groups -OCH3 is 1. The minimum atomic E-state index is -0.491. The Morgan fingerprint density at radius 3 is 2.73 bits per heavy atom. The number of aryl methyl sites for hydroxylation is 2. The smallest absolute Gasteiger partial charge is 0.226 e. The van der Waals surface area contributed by atoms with Crippen LogP contribution in [0, 0.1) is 35.9 Å². The summed E-state index contributed by atoms with van der Waals surface area (Å²) in [7, 11) is 1.61. The summed E-state index contributed by atoms with van der Waals surface area (Å²) in [6.07, 6.45) is 5.31. The van der Waals surface area contributed by atoms with Crippen LogP contribution in [-0.2, 0) is 11.2 Å². The summed E-state index contributed by atoms with van der Waals surface area (Å²) in [4.78, 5) is 25.3. The second kappa shape index (κ2) is 12.9. The lowest BCUT2D eigenvalue weighted by molar-refractivity contribution is -0.133. The number of fused-ring (bicyclic) bond motifs is 4. The Bertz CT molecular complexity index is 2310. The number of rotatable bonds is 9. The van der Waals surface area contributed by atoms with Gasteiger partial charge in [-0.15, -0.1) is 0 Å². The molecule has 12 heteroatoms. The zero-order chi connectivity index (χ0) is 35.8. The van der Waals surface area contributed by atoms with Crippen molar-refractivity contribution in [3.63, 3.8) is 0 Å². The summed E-state index contributed by atoms with van der Waals surface area (Å²) < 4.78 is 31.4. The van der Waals surface area contributed by atoms with Gasteiger partial charge in [0, 0.05) is 76.9 Å². The van der Waals surface area contributed by atoms with Crippen LogP contribution in [0.15, 0.2) is 48.7 Å². The van der Waals surface area contributed by atoms with E-state index in [1.54, 1.807) is 43.6 Å². The number of nitriles is 1.